The van der Waals surface area contributed by atoms with Gasteiger partial charge in [0.15, 0.2) is 0 Å². The molecule has 0 bridgehead atoms. The molecule has 1 aliphatic rings. The number of aromatic nitrogens is 4. The third-order valence-electron chi connectivity index (χ3n) is 6.24. The molecular weight excluding hydrogens is 412 g/mol. The number of piperidine rings is 1. The van der Waals surface area contributed by atoms with Gasteiger partial charge in [-0.15, -0.1) is 0 Å². The smallest absolute Gasteiger partial charge is 0.138 e. The second-order valence-corrected chi connectivity index (χ2v) is 8.35. The predicted molar refractivity (Wildman–Crippen MR) is 127 cm³/mol. The van der Waals surface area contributed by atoms with Crippen LogP contribution in [0.2, 0.25) is 0 Å². The van der Waals surface area contributed by atoms with Gasteiger partial charge in [-0.3, -0.25) is 4.98 Å². The van der Waals surface area contributed by atoms with E-state index in [-0.39, 0.29) is 0 Å². The van der Waals surface area contributed by atoms with Crippen LogP contribution in [0.15, 0.2) is 61.2 Å². The lowest BCUT2D eigenvalue weighted by Crippen LogP contribution is -2.34. The lowest BCUT2D eigenvalue weighted by Gasteiger charge is -2.32. The highest BCUT2D eigenvalue weighted by Gasteiger charge is 2.21. The molecule has 166 valence electrons. The Morgan fingerprint density at radius 2 is 2.00 bits per heavy atom. The van der Waals surface area contributed by atoms with E-state index in [1.54, 1.807) is 16.9 Å². The fourth-order valence-corrected chi connectivity index (χ4v) is 4.56. The zero-order valence-electron chi connectivity index (χ0n) is 18.7. The molecule has 7 nitrogen and oxygen atoms in total. The number of fused-ring (bicyclic) bond motifs is 1. The van der Waals surface area contributed by atoms with Crippen molar-refractivity contribution in [1.29, 1.82) is 5.26 Å². The van der Waals surface area contributed by atoms with Crippen molar-refractivity contribution in [2.45, 2.75) is 26.2 Å². The van der Waals surface area contributed by atoms with E-state index in [1.807, 2.05) is 31.5 Å². The van der Waals surface area contributed by atoms with Gasteiger partial charge in [0.2, 0.25) is 0 Å². The standard InChI is InChI=1S/C26H26N6O/c1-2-33-23-14-24(26-21(15-27)17-30-32(26)18-23)20-6-7-25(29-16-20)31-11-8-19(9-12-31)13-22-5-3-4-10-28-22/h3-7,10,14,16-19H,2,8-9,11-13H2,1H3. The molecule has 0 spiro atoms. The van der Waals surface area contributed by atoms with Gasteiger partial charge in [-0.25, -0.2) is 9.50 Å². The van der Waals surface area contributed by atoms with Gasteiger partial charge in [-0.2, -0.15) is 10.4 Å². The van der Waals surface area contributed by atoms with Crippen molar-refractivity contribution in [3.63, 3.8) is 0 Å². The Balaban J connectivity index is 1.34. The molecule has 0 N–H and O–H groups in total. The van der Waals surface area contributed by atoms with E-state index in [2.05, 4.69) is 45.3 Å². The number of nitrogens with zero attached hydrogens (tertiary/aromatic N) is 6. The maximum absolute atomic E-state index is 9.54. The summed E-state index contributed by atoms with van der Waals surface area (Å²) in [7, 11) is 0. The first-order valence-corrected chi connectivity index (χ1v) is 11.4. The summed E-state index contributed by atoms with van der Waals surface area (Å²) >= 11 is 0. The molecule has 0 aliphatic carbocycles. The van der Waals surface area contributed by atoms with Crippen molar-refractivity contribution in [2.24, 2.45) is 5.92 Å². The Kier molecular flexibility index (Phi) is 5.90. The Labute approximate surface area is 193 Å². The van der Waals surface area contributed by atoms with Crippen molar-refractivity contribution in [1.82, 2.24) is 19.6 Å². The molecule has 4 aromatic rings. The number of rotatable bonds is 6. The second kappa shape index (κ2) is 9.29. The van der Waals surface area contributed by atoms with E-state index in [0.717, 1.165) is 54.8 Å². The zero-order chi connectivity index (χ0) is 22.6. The fourth-order valence-electron chi connectivity index (χ4n) is 4.56. The lowest BCUT2D eigenvalue weighted by atomic mass is 9.92. The van der Waals surface area contributed by atoms with E-state index in [1.165, 1.54) is 5.69 Å². The van der Waals surface area contributed by atoms with Crippen LogP contribution in [0.5, 0.6) is 5.75 Å². The van der Waals surface area contributed by atoms with Crippen LogP contribution in [0.1, 0.15) is 31.0 Å². The van der Waals surface area contributed by atoms with Crippen molar-refractivity contribution < 1.29 is 4.74 Å². The summed E-state index contributed by atoms with van der Waals surface area (Å²) in [5, 5.41) is 13.9. The van der Waals surface area contributed by atoms with Crippen LogP contribution >= 0.6 is 0 Å². The molecule has 0 atom stereocenters. The van der Waals surface area contributed by atoms with E-state index in [4.69, 9.17) is 9.72 Å². The van der Waals surface area contributed by atoms with Gasteiger partial charge in [-0.1, -0.05) is 6.07 Å². The molecule has 0 saturated carbocycles. The Morgan fingerprint density at radius 3 is 2.70 bits per heavy atom. The number of ether oxygens (including phenoxy) is 1. The minimum absolute atomic E-state index is 0.534. The zero-order valence-corrected chi connectivity index (χ0v) is 18.7. The average molecular weight is 439 g/mol. The summed E-state index contributed by atoms with van der Waals surface area (Å²) in [5.74, 6) is 2.36. The number of hydrogen-bond donors (Lipinski definition) is 0. The highest BCUT2D eigenvalue weighted by atomic mass is 16.5. The molecule has 0 aromatic carbocycles. The molecule has 1 aliphatic heterocycles. The SMILES string of the molecule is CCOc1cc(-c2ccc(N3CCC(Cc4ccccn4)CC3)nc2)c2c(C#N)cnn2c1. The fraction of sp³-hybridized carbons (Fsp3) is 0.308. The van der Waals surface area contributed by atoms with Crippen LogP contribution < -0.4 is 9.64 Å². The van der Waals surface area contributed by atoms with Crippen LogP contribution in [0.4, 0.5) is 5.82 Å². The van der Waals surface area contributed by atoms with Gasteiger partial charge in [0.1, 0.15) is 17.6 Å². The number of pyridine rings is 3. The van der Waals surface area contributed by atoms with Crippen LogP contribution in [0, 0.1) is 17.2 Å². The molecule has 5 heterocycles. The maximum atomic E-state index is 9.54. The normalized spacial score (nSPS) is 14.4. The molecule has 0 radical (unpaired) electrons. The molecule has 0 unspecified atom stereocenters. The lowest BCUT2D eigenvalue weighted by molar-refractivity contribution is 0.338. The van der Waals surface area contributed by atoms with Crippen LogP contribution in [0.25, 0.3) is 16.6 Å². The van der Waals surface area contributed by atoms with E-state index in [0.29, 0.717) is 23.8 Å². The van der Waals surface area contributed by atoms with Gasteiger partial charge in [0, 0.05) is 42.3 Å². The molecule has 4 aromatic heterocycles. The van der Waals surface area contributed by atoms with Crippen molar-refractivity contribution in [3.05, 3.63) is 72.4 Å². The topological polar surface area (TPSA) is 79.3 Å². The first kappa shape index (κ1) is 21.0. The van der Waals surface area contributed by atoms with Gasteiger partial charge in [-0.05, 0) is 62.4 Å². The van der Waals surface area contributed by atoms with E-state index >= 15 is 0 Å². The van der Waals surface area contributed by atoms with Crippen molar-refractivity contribution >= 4 is 11.3 Å². The average Bonchev–Trinajstić information content (AvgIpc) is 3.28. The van der Waals surface area contributed by atoms with E-state index in [9.17, 15) is 5.26 Å². The van der Waals surface area contributed by atoms with Crippen molar-refractivity contribution in [3.8, 4) is 22.9 Å². The molecule has 0 amide bonds. The third kappa shape index (κ3) is 4.37. The van der Waals surface area contributed by atoms with Gasteiger partial charge in [0.25, 0.3) is 0 Å². The van der Waals surface area contributed by atoms with Crippen LogP contribution in [-0.4, -0.2) is 39.3 Å². The highest BCUT2D eigenvalue weighted by molar-refractivity contribution is 5.85. The van der Waals surface area contributed by atoms with Crippen LogP contribution in [-0.2, 0) is 6.42 Å². The Hall–Kier alpha value is -3.92. The van der Waals surface area contributed by atoms with Crippen LogP contribution in [0.3, 0.4) is 0 Å². The number of anilines is 1. The summed E-state index contributed by atoms with van der Waals surface area (Å²) in [5.41, 5.74) is 4.31. The summed E-state index contributed by atoms with van der Waals surface area (Å²) in [6.07, 6.45) is 10.5. The Bertz CT molecular complexity index is 1270. The molecule has 1 fully saturated rings. The second-order valence-electron chi connectivity index (χ2n) is 8.35. The number of hydrogen-bond acceptors (Lipinski definition) is 6. The summed E-state index contributed by atoms with van der Waals surface area (Å²) < 4.78 is 7.42. The molecule has 5 rings (SSSR count). The monoisotopic (exact) mass is 438 g/mol. The first-order valence-electron chi connectivity index (χ1n) is 11.4. The molecule has 1 saturated heterocycles. The van der Waals surface area contributed by atoms with Gasteiger partial charge >= 0.3 is 0 Å². The van der Waals surface area contributed by atoms with Gasteiger partial charge in [0.05, 0.1) is 30.1 Å². The summed E-state index contributed by atoms with van der Waals surface area (Å²) in [4.78, 5) is 11.6. The molecule has 7 heteroatoms. The predicted octanol–water partition coefficient (Wildman–Crippen LogP) is 4.52. The maximum Gasteiger partial charge on any atom is 0.138 e. The summed E-state index contributed by atoms with van der Waals surface area (Å²) in [6, 6.07) is 14.5. The van der Waals surface area contributed by atoms with Crippen molar-refractivity contribution in [2.75, 3.05) is 24.6 Å². The minimum atomic E-state index is 0.534. The quantitative estimate of drug-likeness (QED) is 0.440. The number of nitriles is 1. The third-order valence-corrected chi connectivity index (χ3v) is 6.24. The first-order chi connectivity index (χ1) is 16.2. The Morgan fingerprint density at radius 1 is 1.12 bits per heavy atom. The van der Waals surface area contributed by atoms with Gasteiger partial charge < -0.3 is 9.64 Å². The molecule has 33 heavy (non-hydrogen) atoms. The summed E-state index contributed by atoms with van der Waals surface area (Å²) in [6.45, 7) is 4.50. The minimum Gasteiger partial charge on any atom is -0.492 e. The highest BCUT2D eigenvalue weighted by Crippen LogP contribution is 2.32. The molecular formula is C26H26N6O. The van der Waals surface area contributed by atoms with E-state index < -0.39 is 0 Å². The largest absolute Gasteiger partial charge is 0.492 e.